The van der Waals surface area contributed by atoms with Crippen LogP contribution in [0.5, 0.6) is 0 Å². The second-order valence-electron chi connectivity index (χ2n) is 12.4. The van der Waals surface area contributed by atoms with Crippen molar-refractivity contribution >= 4 is 29.2 Å². The molecule has 0 saturated carbocycles. The maximum Gasteiger partial charge on any atom is 0.416 e. The van der Waals surface area contributed by atoms with Gasteiger partial charge in [-0.15, -0.1) is 0 Å². The Morgan fingerprint density at radius 3 is 2.02 bits per heavy atom. The molecule has 0 aliphatic carbocycles. The lowest BCUT2D eigenvalue weighted by Gasteiger charge is -2.38. The van der Waals surface area contributed by atoms with Crippen LogP contribution in [0.2, 0.25) is 5.02 Å². The molecular formula is C35H40ClF6N5O2. The monoisotopic (exact) mass is 711 g/mol. The number of rotatable bonds is 11. The number of piperazine rings is 1. The van der Waals surface area contributed by atoms with Gasteiger partial charge in [0.1, 0.15) is 0 Å². The highest BCUT2D eigenvalue weighted by Gasteiger charge is 2.38. The Balaban J connectivity index is 1.42. The van der Waals surface area contributed by atoms with Gasteiger partial charge in [0.15, 0.2) is 0 Å². The van der Waals surface area contributed by atoms with Gasteiger partial charge in [-0.05, 0) is 66.9 Å². The van der Waals surface area contributed by atoms with Gasteiger partial charge in [-0.1, -0.05) is 41.9 Å². The molecule has 1 N–H and O–H groups in total. The molecule has 4 rings (SSSR count). The average Bonchev–Trinajstić information content (AvgIpc) is 3.06. The summed E-state index contributed by atoms with van der Waals surface area (Å²) in [6, 6.07) is 15.9. The van der Waals surface area contributed by atoms with Crippen LogP contribution in [0, 0.1) is 0 Å². The summed E-state index contributed by atoms with van der Waals surface area (Å²) in [4.78, 5) is 32.5. The molecule has 7 nitrogen and oxygen atoms in total. The van der Waals surface area contributed by atoms with Crippen molar-refractivity contribution in [2.45, 2.75) is 31.1 Å². The average molecular weight is 712 g/mol. The fourth-order valence-corrected chi connectivity index (χ4v) is 5.98. The molecule has 0 bridgehead atoms. The summed E-state index contributed by atoms with van der Waals surface area (Å²) in [7, 11) is 4.75. The van der Waals surface area contributed by atoms with Crippen LogP contribution in [0.4, 0.5) is 36.8 Å². The first-order chi connectivity index (χ1) is 23.0. The molecular weight excluding hydrogens is 672 g/mol. The van der Waals surface area contributed by atoms with Gasteiger partial charge < -0.3 is 20.0 Å². The lowest BCUT2D eigenvalue weighted by molar-refractivity contribution is -0.143. The number of para-hydroxylation sites is 1. The van der Waals surface area contributed by atoms with Crippen molar-refractivity contribution in [2.75, 3.05) is 71.9 Å². The quantitative estimate of drug-likeness (QED) is 0.213. The zero-order chi connectivity index (χ0) is 35.9. The number of anilines is 1. The molecule has 3 aromatic carbocycles. The second kappa shape index (κ2) is 16.2. The van der Waals surface area contributed by atoms with E-state index in [2.05, 4.69) is 27.2 Å². The normalized spacial score (nSPS) is 14.8. The number of carbonyl (C=O) groups excluding carboxylic acids is 2. The van der Waals surface area contributed by atoms with Crippen molar-refractivity contribution in [1.82, 2.24) is 20.0 Å². The predicted octanol–water partition coefficient (Wildman–Crippen LogP) is 7.26. The van der Waals surface area contributed by atoms with Crippen molar-refractivity contribution in [3.05, 3.63) is 99.6 Å². The number of nitrogens with zero attached hydrogens (tertiary/aromatic N) is 4. The molecule has 1 aliphatic rings. The molecule has 1 atom stereocenters. The molecule has 14 heteroatoms. The Labute approximate surface area is 287 Å². The highest BCUT2D eigenvalue weighted by molar-refractivity contribution is 6.30. The Morgan fingerprint density at radius 2 is 1.45 bits per heavy atom. The summed E-state index contributed by atoms with van der Waals surface area (Å²) < 4.78 is 80.7. The van der Waals surface area contributed by atoms with Crippen molar-refractivity contribution in [2.24, 2.45) is 0 Å². The number of hydrogen-bond donors (Lipinski definition) is 1. The molecule has 1 aliphatic heterocycles. The zero-order valence-corrected chi connectivity index (χ0v) is 28.3. The fourth-order valence-electron chi connectivity index (χ4n) is 5.85. The highest BCUT2D eigenvalue weighted by atomic mass is 35.5. The number of amides is 3. The minimum absolute atomic E-state index is 0.0114. The molecule has 49 heavy (non-hydrogen) atoms. The molecule has 0 spiro atoms. The standard InChI is InChI=1S/C35H40ClF6N5O2/c1-44(2)33(49)43-14-12-25-6-4-5-7-31(25)47-18-16-46(17-19-47)15-13-26(24-8-10-30(36)11-9-24)23-45(3)32(48)27-20-28(34(37,38)39)22-29(21-27)35(40,41)42/h4-11,20-22,26H,12-19,23H2,1-3H3,(H,43,49)/t26-/m1/s1. The van der Waals surface area contributed by atoms with E-state index < -0.39 is 35.0 Å². The number of hydrogen-bond acceptors (Lipinski definition) is 4. The molecule has 1 heterocycles. The van der Waals surface area contributed by atoms with E-state index in [4.69, 9.17) is 11.6 Å². The van der Waals surface area contributed by atoms with Crippen LogP contribution < -0.4 is 10.2 Å². The van der Waals surface area contributed by atoms with Crippen LogP contribution in [-0.4, -0.2) is 93.6 Å². The lowest BCUT2D eigenvalue weighted by atomic mass is 9.94. The van der Waals surface area contributed by atoms with Gasteiger partial charge in [-0.2, -0.15) is 26.3 Å². The van der Waals surface area contributed by atoms with E-state index in [1.54, 1.807) is 26.2 Å². The lowest BCUT2D eigenvalue weighted by Crippen LogP contribution is -2.47. The first kappa shape index (κ1) is 37.8. The smallest absolute Gasteiger partial charge is 0.369 e. The number of likely N-dealkylation sites (N-methyl/N-ethyl adjacent to an activating group) is 1. The van der Waals surface area contributed by atoms with Crippen molar-refractivity contribution < 1.29 is 35.9 Å². The van der Waals surface area contributed by atoms with Gasteiger partial charge >= 0.3 is 18.4 Å². The van der Waals surface area contributed by atoms with E-state index in [0.717, 1.165) is 43.0 Å². The Kier molecular flexibility index (Phi) is 12.5. The third-order valence-electron chi connectivity index (χ3n) is 8.59. The Hall–Kier alpha value is -3.97. The Morgan fingerprint density at radius 1 is 0.857 bits per heavy atom. The number of nitrogens with one attached hydrogen (secondary N) is 1. The van der Waals surface area contributed by atoms with Crippen LogP contribution in [0.1, 0.15) is 45.0 Å². The van der Waals surface area contributed by atoms with Gasteiger partial charge in [0.05, 0.1) is 11.1 Å². The van der Waals surface area contributed by atoms with E-state index in [0.29, 0.717) is 43.1 Å². The minimum atomic E-state index is -5.06. The molecule has 3 aromatic rings. The fraction of sp³-hybridized carbons (Fsp3) is 0.429. The SMILES string of the molecule is CN(C)C(=O)NCCc1ccccc1N1CCN(CC[C@H](CN(C)C(=O)c2cc(C(F)(F)F)cc(C(F)(F)F)c2)c2ccc(Cl)cc2)CC1. The molecule has 0 unspecified atom stereocenters. The number of urea groups is 1. The van der Waals surface area contributed by atoms with E-state index in [-0.39, 0.29) is 24.6 Å². The summed E-state index contributed by atoms with van der Waals surface area (Å²) in [5.41, 5.74) is -0.663. The van der Waals surface area contributed by atoms with E-state index in [9.17, 15) is 35.9 Å². The summed E-state index contributed by atoms with van der Waals surface area (Å²) >= 11 is 6.10. The summed E-state index contributed by atoms with van der Waals surface area (Å²) in [6.07, 6.45) is -8.85. The molecule has 3 amide bonds. The number of alkyl halides is 6. The maximum atomic E-state index is 13.5. The van der Waals surface area contributed by atoms with Crippen molar-refractivity contribution in [3.8, 4) is 0 Å². The van der Waals surface area contributed by atoms with E-state index in [1.165, 1.54) is 16.8 Å². The van der Waals surface area contributed by atoms with Crippen molar-refractivity contribution in [1.29, 1.82) is 0 Å². The van der Waals surface area contributed by atoms with E-state index in [1.807, 2.05) is 24.3 Å². The second-order valence-corrected chi connectivity index (χ2v) is 12.8. The van der Waals surface area contributed by atoms with E-state index >= 15 is 0 Å². The van der Waals surface area contributed by atoms with Crippen LogP contribution in [0.3, 0.4) is 0 Å². The van der Waals surface area contributed by atoms with Gasteiger partial charge in [-0.3, -0.25) is 9.69 Å². The van der Waals surface area contributed by atoms with Crippen LogP contribution in [0.25, 0.3) is 0 Å². The predicted molar refractivity (Wildman–Crippen MR) is 178 cm³/mol. The molecule has 266 valence electrons. The van der Waals surface area contributed by atoms with Crippen molar-refractivity contribution in [3.63, 3.8) is 0 Å². The number of benzene rings is 3. The van der Waals surface area contributed by atoms with Gasteiger partial charge in [0.25, 0.3) is 5.91 Å². The van der Waals surface area contributed by atoms with Gasteiger partial charge in [0.2, 0.25) is 0 Å². The third-order valence-corrected chi connectivity index (χ3v) is 8.84. The number of carbonyl (C=O) groups is 2. The number of halogens is 7. The maximum absolute atomic E-state index is 13.5. The van der Waals surface area contributed by atoms with Gasteiger partial charge in [0, 0.05) is 82.6 Å². The molecule has 0 radical (unpaired) electrons. The third kappa shape index (κ3) is 10.5. The zero-order valence-electron chi connectivity index (χ0n) is 27.5. The molecule has 0 aromatic heterocycles. The topological polar surface area (TPSA) is 59.1 Å². The first-order valence-corrected chi connectivity index (χ1v) is 16.2. The summed E-state index contributed by atoms with van der Waals surface area (Å²) in [5.74, 6) is -1.21. The van der Waals surface area contributed by atoms with Crippen LogP contribution >= 0.6 is 11.6 Å². The summed E-state index contributed by atoms with van der Waals surface area (Å²) in [6.45, 7) is 4.29. The van der Waals surface area contributed by atoms with Crippen LogP contribution in [0.15, 0.2) is 66.7 Å². The van der Waals surface area contributed by atoms with Gasteiger partial charge in [-0.25, -0.2) is 4.79 Å². The van der Waals surface area contributed by atoms with Crippen LogP contribution in [-0.2, 0) is 18.8 Å². The first-order valence-electron chi connectivity index (χ1n) is 15.8. The highest BCUT2D eigenvalue weighted by Crippen LogP contribution is 2.37. The minimum Gasteiger partial charge on any atom is -0.369 e. The Bertz CT molecular complexity index is 1540. The molecule has 1 saturated heterocycles. The molecule has 1 fully saturated rings. The summed E-state index contributed by atoms with van der Waals surface area (Å²) in [5, 5.41) is 3.40. The largest absolute Gasteiger partial charge is 0.416 e.